The van der Waals surface area contributed by atoms with E-state index < -0.39 is 0 Å². The van der Waals surface area contributed by atoms with Gasteiger partial charge in [0.25, 0.3) is 0 Å². The molecule has 0 aliphatic carbocycles. The molecule has 0 aromatic rings. The molecule has 1 nitrogen and oxygen atoms in total. The van der Waals surface area contributed by atoms with Crippen LogP contribution in [0.2, 0.25) is 0 Å². The quantitative estimate of drug-likeness (QED) is 0.231. The molecule has 0 bridgehead atoms. The summed E-state index contributed by atoms with van der Waals surface area (Å²) in [5, 5.41) is 10.4. The van der Waals surface area contributed by atoms with Crippen molar-refractivity contribution in [2.75, 3.05) is 0 Å². The van der Waals surface area contributed by atoms with Crippen molar-refractivity contribution >= 4 is 0 Å². The van der Waals surface area contributed by atoms with Crippen molar-refractivity contribution in [2.24, 2.45) is 11.8 Å². The number of rotatable bonds is 19. The van der Waals surface area contributed by atoms with Crippen LogP contribution in [-0.2, 0) is 0 Å². The van der Waals surface area contributed by atoms with Crippen LogP contribution in [0, 0.1) is 11.8 Å². The molecule has 1 N–H and O–H groups in total. The number of hydrogen-bond acceptors (Lipinski definition) is 1. The van der Waals surface area contributed by atoms with Crippen LogP contribution in [-0.4, -0.2) is 11.2 Å². The fourth-order valence-corrected chi connectivity index (χ4v) is 3.82. The second-order valence-electron chi connectivity index (χ2n) is 8.69. The van der Waals surface area contributed by atoms with E-state index in [1.165, 1.54) is 103 Å². The Morgan fingerprint density at radius 2 is 0.960 bits per heavy atom. The van der Waals surface area contributed by atoms with E-state index in [2.05, 4.69) is 27.7 Å². The predicted octanol–water partition coefficient (Wildman–Crippen LogP) is 8.29. The summed E-state index contributed by atoms with van der Waals surface area (Å²) in [4.78, 5) is 0. The average molecular weight is 355 g/mol. The van der Waals surface area contributed by atoms with Crippen LogP contribution in [0.4, 0.5) is 0 Å². The minimum absolute atomic E-state index is 0.0724. The van der Waals surface area contributed by atoms with Crippen molar-refractivity contribution in [1.82, 2.24) is 0 Å². The van der Waals surface area contributed by atoms with Gasteiger partial charge in [0.15, 0.2) is 0 Å². The third-order valence-electron chi connectivity index (χ3n) is 5.92. The predicted molar refractivity (Wildman–Crippen MR) is 114 cm³/mol. The molecule has 0 saturated heterocycles. The van der Waals surface area contributed by atoms with E-state index in [0.29, 0.717) is 5.92 Å². The van der Waals surface area contributed by atoms with Gasteiger partial charge in [0.1, 0.15) is 0 Å². The number of aliphatic hydroxyl groups is 1. The summed E-state index contributed by atoms with van der Waals surface area (Å²) in [6.07, 6.45) is 22.6. The zero-order valence-electron chi connectivity index (χ0n) is 18.2. The molecule has 0 aromatic carbocycles. The molecule has 0 fully saturated rings. The topological polar surface area (TPSA) is 20.2 Å². The van der Waals surface area contributed by atoms with Crippen molar-refractivity contribution in [2.45, 2.75) is 143 Å². The van der Waals surface area contributed by atoms with Crippen LogP contribution >= 0.6 is 0 Å². The zero-order chi connectivity index (χ0) is 18.8. The highest BCUT2D eigenvalue weighted by Crippen LogP contribution is 2.21. The summed E-state index contributed by atoms with van der Waals surface area (Å²) >= 11 is 0. The molecule has 0 heterocycles. The first kappa shape index (κ1) is 25.0. The summed E-state index contributed by atoms with van der Waals surface area (Å²) in [6.45, 7) is 9.20. The summed E-state index contributed by atoms with van der Waals surface area (Å²) in [5.74, 6) is 1.33. The number of unbranched alkanes of at least 4 members (excludes halogenated alkanes) is 10. The molecule has 0 aliphatic rings. The zero-order valence-corrected chi connectivity index (χ0v) is 18.2. The lowest BCUT2D eigenvalue weighted by atomic mass is 9.91. The smallest absolute Gasteiger partial charge is 0.0565 e. The van der Waals surface area contributed by atoms with Gasteiger partial charge in [-0.2, -0.15) is 0 Å². The van der Waals surface area contributed by atoms with Crippen molar-refractivity contribution in [1.29, 1.82) is 0 Å². The number of aliphatic hydroxyl groups excluding tert-OH is 1. The van der Waals surface area contributed by atoms with Gasteiger partial charge in [-0.3, -0.25) is 0 Å². The second kappa shape index (κ2) is 18.7. The normalized spacial score (nSPS) is 15.2. The Balaban J connectivity index is 3.49. The maximum absolute atomic E-state index is 10.4. The van der Waals surface area contributed by atoms with E-state index in [1.807, 2.05) is 0 Å². The van der Waals surface area contributed by atoms with Gasteiger partial charge in [-0.05, 0) is 24.7 Å². The van der Waals surface area contributed by atoms with Gasteiger partial charge in [0, 0.05) is 0 Å². The lowest BCUT2D eigenvalue weighted by molar-refractivity contribution is 0.0973. The fraction of sp³-hybridized carbons (Fsp3) is 1.00. The molecular weight excluding hydrogens is 304 g/mol. The molecular formula is C24H50O. The van der Waals surface area contributed by atoms with Crippen LogP contribution < -0.4 is 0 Å². The first-order valence-electron chi connectivity index (χ1n) is 11.8. The Morgan fingerprint density at radius 3 is 1.52 bits per heavy atom. The van der Waals surface area contributed by atoms with Gasteiger partial charge in [0.05, 0.1) is 6.10 Å². The van der Waals surface area contributed by atoms with Crippen LogP contribution in [0.25, 0.3) is 0 Å². The van der Waals surface area contributed by atoms with Gasteiger partial charge in [-0.15, -0.1) is 0 Å². The minimum atomic E-state index is -0.0724. The van der Waals surface area contributed by atoms with Crippen molar-refractivity contribution in [3.05, 3.63) is 0 Å². The average Bonchev–Trinajstić information content (AvgIpc) is 2.60. The van der Waals surface area contributed by atoms with Crippen molar-refractivity contribution in [3.63, 3.8) is 0 Å². The monoisotopic (exact) mass is 354 g/mol. The molecule has 0 aromatic heterocycles. The molecule has 3 atom stereocenters. The SMILES string of the molecule is CCCCCCCCCC(C)C(O)CCCC(C)CCCCCCC. The summed E-state index contributed by atoms with van der Waals surface area (Å²) in [7, 11) is 0. The van der Waals surface area contributed by atoms with Crippen LogP contribution in [0.3, 0.4) is 0 Å². The Morgan fingerprint density at radius 1 is 0.520 bits per heavy atom. The molecule has 0 amide bonds. The minimum Gasteiger partial charge on any atom is -0.393 e. The molecule has 3 unspecified atom stereocenters. The largest absolute Gasteiger partial charge is 0.393 e. The van der Waals surface area contributed by atoms with Crippen molar-refractivity contribution < 1.29 is 5.11 Å². The third kappa shape index (κ3) is 17.1. The first-order chi connectivity index (χ1) is 12.1. The van der Waals surface area contributed by atoms with Gasteiger partial charge in [-0.25, -0.2) is 0 Å². The molecule has 25 heavy (non-hydrogen) atoms. The lowest BCUT2D eigenvalue weighted by Crippen LogP contribution is -2.17. The number of hydrogen-bond donors (Lipinski definition) is 1. The molecule has 1 heteroatoms. The first-order valence-corrected chi connectivity index (χ1v) is 11.8. The molecule has 152 valence electrons. The fourth-order valence-electron chi connectivity index (χ4n) is 3.82. The molecule has 0 saturated carbocycles. The Labute approximate surface area is 160 Å². The van der Waals surface area contributed by atoms with E-state index in [4.69, 9.17) is 0 Å². The summed E-state index contributed by atoms with van der Waals surface area (Å²) < 4.78 is 0. The summed E-state index contributed by atoms with van der Waals surface area (Å²) in [6, 6.07) is 0. The van der Waals surface area contributed by atoms with Gasteiger partial charge in [0.2, 0.25) is 0 Å². The van der Waals surface area contributed by atoms with Crippen LogP contribution in [0.1, 0.15) is 137 Å². The molecule has 0 rings (SSSR count). The van der Waals surface area contributed by atoms with Crippen LogP contribution in [0.5, 0.6) is 0 Å². The molecule has 0 spiro atoms. The third-order valence-corrected chi connectivity index (χ3v) is 5.92. The van der Waals surface area contributed by atoms with E-state index in [9.17, 15) is 5.11 Å². The highest BCUT2D eigenvalue weighted by molar-refractivity contribution is 4.66. The maximum atomic E-state index is 10.4. The second-order valence-corrected chi connectivity index (χ2v) is 8.69. The highest BCUT2D eigenvalue weighted by Gasteiger charge is 2.14. The van der Waals surface area contributed by atoms with Crippen LogP contribution in [0.15, 0.2) is 0 Å². The molecule has 0 aliphatic heterocycles. The van der Waals surface area contributed by atoms with E-state index >= 15 is 0 Å². The van der Waals surface area contributed by atoms with E-state index in [-0.39, 0.29) is 6.10 Å². The summed E-state index contributed by atoms with van der Waals surface area (Å²) in [5.41, 5.74) is 0. The Bertz CT molecular complexity index is 250. The molecule has 0 radical (unpaired) electrons. The van der Waals surface area contributed by atoms with Crippen molar-refractivity contribution in [3.8, 4) is 0 Å². The standard InChI is InChI=1S/C24H50O/c1-5-7-9-11-12-14-16-20-23(4)24(25)21-17-19-22(3)18-15-13-10-8-6-2/h22-25H,5-21H2,1-4H3. The Kier molecular flexibility index (Phi) is 18.7. The highest BCUT2D eigenvalue weighted by atomic mass is 16.3. The van der Waals surface area contributed by atoms with E-state index in [1.54, 1.807) is 0 Å². The maximum Gasteiger partial charge on any atom is 0.0565 e. The van der Waals surface area contributed by atoms with Gasteiger partial charge in [-0.1, -0.05) is 124 Å². The van der Waals surface area contributed by atoms with Gasteiger partial charge >= 0.3 is 0 Å². The van der Waals surface area contributed by atoms with E-state index in [0.717, 1.165) is 12.3 Å². The Hall–Kier alpha value is -0.0400. The lowest BCUT2D eigenvalue weighted by Gasteiger charge is -2.19. The van der Waals surface area contributed by atoms with Gasteiger partial charge < -0.3 is 5.11 Å².